The molecule has 2 fully saturated rings. The molecule has 2 aliphatic heterocycles. The molecule has 2 aromatic rings. The molecule has 1 saturated heterocycles. The van der Waals surface area contributed by atoms with Gasteiger partial charge >= 0.3 is 0 Å². The molecule has 2 aromatic carbocycles. The van der Waals surface area contributed by atoms with Crippen molar-refractivity contribution >= 4 is 17.5 Å². The normalized spacial score (nSPS) is 19.3. The summed E-state index contributed by atoms with van der Waals surface area (Å²) in [5.74, 6) is -0.606. The summed E-state index contributed by atoms with van der Waals surface area (Å²) in [5.41, 5.74) is 0.514. The Hall–Kier alpha value is -3.20. The molecule has 1 unspecified atom stereocenters. The lowest BCUT2D eigenvalue weighted by molar-refractivity contribution is -0.123. The van der Waals surface area contributed by atoms with E-state index >= 15 is 0 Å². The van der Waals surface area contributed by atoms with Gasteiger partial charge in [-0.15, -0.1) is 0 Å². The van der Waals surface area contributed by atoms with Crippen LogP contribution >= 0.6 is 0 Å². The first kappa shape index (κ1) is 22.6. The number of halogens is 2. The summed E-state index contributed by atoms with van der Waals surface area (Å²) in [6.45, 7) is 1.92. The Balaban J connectivity index is 1.27. The van der Waals surface area contributed by atoms with Crippen molar-refractivity contribution in [2.24, 2.45) is 5.92 Å². The Bertz CT molecular complexity index is 1080. The van der Waals surface area contributed by atoms with Crippen LogP contribution < -0.4 is 14.8 Å². The van der Waals surface area contributed by atoms with Gasteiger partial charge < -0.3 is 19.7 Å². The topological polar surface area (TPSA) is 71.1 Å². The molecule has 2 heterocycles. The first-order valence-electron chi connectivity index (χ1n) is 11.7. The lowest BCUT2D eigenvalue weighted by Gasteiger charge is -2.40. The summed E-state index contributed by atoms with van der Waals surface area (Å²) in [5, 5.41) is 3.04. The summed E-state index contributed by atoms with van der Waals surface area (Å²) >= 11 is 0. The maximum Gasteiger partial charge on any atom is 0.256 e. The molecular formula is C25H27F2N3O4. The fourth-order valence-electron chi connectivity index (χ4n) is 5.18. The van der Waals surface area contributed by atoms with Crippen LogP contribution in [-0.2, 0) is 4.79 Å². The van der Waals surface area contributed by atoms with E-state index in [0.29, 0.717) is 43.4 Å². The van der Waals surface area contributed by atoms with Crippen molar-refractivity contribution in [2.75, 3.05) is 38.3 Å². The van der Waals surface area contributed by atoms with Crippen LogP contribution in [0.1, 0.15) is 36.0 Å². The van der Waals surface area contributed by atoms with Crippen LogP contribution in [0.3, 0.4) is 0 Å². The highest BCUT2D eigenvalue weighted by Crippen LogP contribution is 2.35. The molecule has 5 rings (SSSR count). The van der Waals surface area contributed by atoms with Gasteiger partial charge in [0.2, 0.25) is 12.7 Å². The van der Waals surface area contributed by atoms with Gasteiger partial charge in [-0.2, -0.15) is 0 Å². The molecule has 1 N–H and O–H groups in total. The van der Waals surface area contributed by atoms with Crippen LogP contribution in [0.4, 0.5) is 14.5 Å². The van der Waals surface area contributed by atoms with Crippen molar-refractivity contribution in [3.05, 3.63) is 53.6 Å². The minimum absolute atomic E-state index is 0.0740. The van der Waals surface area contributed by atoms with E-state index in [1.807, 2.05) is 0 Å². The summed E-state index contributed by atoms with van der Waals surface area (Å²) < 4.78 is 38.1. The van der Waals surface area contributed by atoms with Crippen LogP contribution in [0.5, 0.6) is 11.5 Å². The second kappa shape index (κ2) is 9.58. The number of amides is 2. The van der Waals surface area contributed by atoms with Crippen molar-refractivity contribution in [1.29, 1.82) is 0 Å². The Kier molecular flexibility index (Phi) is 6.36. The van der Waals surface area contributed by atoms with Crippen LogP contribution in [0.15, 0.2) is 36.4 Å². The molecule has 1 saturated carbocycles. The van der Waals surface area contributed by atoms with Crippen LogP contribution in [0.25, 0.3) is 0 Å². The molecule has 3 aliphatic rings. The largest absolute Gasteiger partial charge is 0.454 e. The first-order chi connectivity index (χ1) is 16.5. The number of fused-ring (bicyclic) bond motifs is 1. The number of carbonyl (C=O) groups is 2. The average Bonchev–Trinajstić information content (AvgIpc) is 3.51. The summed E-state index contributed by atoms with van der Waals surface area (Å²) in [7, 11) is 0. The predicted octanol–water partition coefficient (Wildman–Crippen LogP) is 3.65. The van der Waals surface area contributed by atoms with Gasteiger partial charge in [-0.25, -0.2) is 8.78 Å². The van der Waals surface area contributed by atoms with Gasteiger partial charge in [-0.1, -0.05) is 12.8 Å². The zero-order valence-electron chi connectivity index (χ0n) is 18.8. The van der Waals surface area contributed by atoms with Gasteiger partial charge in [0, 0.05) is 44.0 Å². The lowest BCUT2D eigenvalue weighted by atomic mass is 9.94. The third-order valence-electron chi connectivity index (χ3n) is 6.91. The highest BCUT2D eigenvalue weighted by Gasteiger charge is 2.37. The molecule has 1 aliphatic carbocycles. The number of piperazine rings is 1. The van der Waals surface area contributed by atoms with Crippen molar-refractivity contribution in [3.63, 3.8) is 0 Å². The molecule has 7 nitrogen and oxygen atoms in total. The number of benzene rings is 2. The lowest BCUT2D eigenvalue weighted by Crippen LogP contribution is -2.57. The van der Waals surface area contributed by atoms with E-state index < -0.39 is 17.5 Å². The van der Waals surface area contributed by atoms with E-state index in [1.54, 1.807) is 23.1 Å². The van der Waals surface area contributed by atoms with Crippen molar-refractivity contribution < 1.29 is 27.8 Å². The average molecular weight is 472 g/mol. The van der Waals surface area contributed by atoms with E-state index in [9.17, 15) is 18.4 Å². The molecule has 180 valence electrons. The van der Waals surface area contributed by atoms with Crippen molar-refractivity contribution in [1.82, 2.24) is 9.80 Å². The fourth-order valence-corrected chi connectivity index (χ4v) is 5.18. The predicted molar refractivity (Wildman–Crippen MR) is 121 cm³/mol. The molecule has 0 bridgehead atoms. The van der Waals surface area contributed by atoms with Gasteiger partial charge in [0.25, 0.3) is 5.91 Å². The highest BCUT2D eigenvalue weighted by atomic mass is 19.1. The molecule has 2 amide bonds. The first-order valence-corrected chi connectivity index (χ1v) is 11.7. The number of hydrogen-bond donors (Lipinski definition) is 1. The van der Waals surface area contributed by atoms with Crippen molar-refractivity contribution in [3.8, 4) is 11.5 Å². The Labute approximate surface area is 196 Å². The minimum Gasteiger partial charge on any atom is -0.454 e. The van der Waals surface area contributed by atoms with Gasteiger partial charge in [0.05, 0.1) is 11.6 Å². The summed E-state index contributed by atoms with van der Waals surface area (Å²) in [4.78, 5) is 29.9. The zero-order chi connectivity index (χ0) is 23.7. The maximum atomic E-state index is 14.1. The SMILES string of the molecule is O=C(Nc1ccc2c(c1)OCO2)C(C1CCCC1)N1CCN(C(=O)c2ccc(F)cc2F)CC1. The number of carbonyl (C=O) groups excluding carboxylic acids is 2. The van der Waals surface area contributed by atoms with E-state index in [-0.39, 0.29) is 30.2 Å². The number of ether oxygens (including phenoxy) is 2. The van der Waals surface area contributed by atoms with Gasteiger partial charge in [-0.05, 0) is 43.0 Å². The smallest absolute Gasteiger partial charge is 0.256 e. The van der Waals surface area contributed by atoms with Gasteiger partial charge in [0.1, 0.15) is 11.6 Å². The number of rotatable bonds is 5. The number of anilines is 1. The number of nitrogens with one attached hydrogen (secondary N) is 1. The molecule has 0 spiro atoms. The molecule has 9 heteroatoms. The van der Waals surface area contributed by atoms with Crippen LogP contribution in [0.2, 0.25) is 0 Å². The van der Waals surface area contributed by atoms with Crippen LogP contribution in [-0.4, -0.2) is 60.6 Å². The molecule has 0 radical (unpaired) electrons. The minimum atomic E-state index is -0.862. The molecular weight excluding hydrogens is 444 g/mol. The van der Waals surface area contributed by atoms with E-state index in [2.05, 4.69) is 10.2 Å². The van der Waals surface area contributed by atoms with Crippen LogP contribution in [0, 0.1) is 17.6 Å². The third kappa shape index (κ3) is 4.57. The summed E-state index contributed by atoms with van der Waals surface area (Å²) in [6, 6.07) is 8.02. The Morgan fingerprint density at radius 1 is 0.941 bits per heavy atom. The zero-order valence-corrected chi connectivity index (χ0v) is 18.8. The molecule has 0 aromatic heterocycles. The van der Waals surface area contributed by atoms with Crippen molar-refractivity contribution in [2.45, 2.75) is 31.7 Å². The maximum absolute atomic E-state index is 14.1. The second-order valence-electron chi connectivity index (χ2n) is 9.00. The fraction of sp³-hybridized carbons (Fsp3) is 0.440. The van der Waals surface area contributed by atoms with E-state index in [4.69, 9.17) is 9.47 Å². The highest BCUT2D eigenvalue weighted by molar-refractivity contribution is 5.96. The van der Waals surface area contributed by atoms with Gasteiger partial charge in [0.15, 0.2) is 11.5 Å². The third-order valence-corrected chi connectivity index (χ3v) is 6.91. The number of nitrogens with zero attached hydrogens (tertiary/aromatic N) is 2. The molecule has 34 heavy (non-hydrogen) atoms. The quantitative estimate of drug-likeness (QED) is 0.721. The Morgan fingerprint density at radius 3 is 2.41 bits per heavy atom. The standard InChI is InChI=1S/C25H27F2N3O4/c26-17-5-7-19(20(27)13-17)25(32)30-11-9-29(10-12-30)23(16-3-1-2-4-16)24(31)28-18-6-8-21-22(14-18)34-15-33-21/h5-8,13-14,16,23H,1-4,9-12,15H2,(H,28,31). The van der Waals surface area contributed by atoms with E-state index in [0.717, 1.165) is 37.8 Å². The number of hydrogen-bond acceptors (Lipinski definition) is 5. The van der Waals surface area contributed by atoms with E-state index in [1.165, 1.54) is 6.07 Å². The second-order valence-corrected chi connectivity index (χ2v) is 9.00. The summed E-state index contributed by atoms with van der Waals surface area (Å²) in [6.07, 6.45) is 4.17. The van der Waals surface area contributed by atoms with Gasteiger partial charge in [-0.3, -0.25) is 14.5 Å². The molecule has 1 atom stereocenters. The Morgan fingerprint density at radius 2 is 1.68 bits per heavy atom. The monoisotopic (exact) mass is 471 g/mol.